The van der Waals surface area contributed by atoms with Crippen LogP contribution in [0.5, 0.6) is 5.75 Å². The Morgan fingerprint density at radius 2 is 1.92 bits per heavy atom. The van der Waals surface area contributed by atoms with Gasteiger partial charge in [0.1, 0.15) is 5.75 Å². The molecule has 0 spiro atoms. The van der Waals surface area contributed by atoms with Gasteiger partial charge in [0.05, 0.1) is 22.9 Å². The molecule has 0 aliphatic carbocycles. The Morgan fingerprint density at radius 1 is 1.21 bits per heavy atom. The summed E-state index contributed by atoms with van der Waals surface area (Å²) in [5.74, 6) is -0.430. The average Bonchev–Trinajstić information content (AvgIpc) is 2.99. The Hall–Kier alpha value is -3.35. The molecule has 3 rings (SSSR count). The lowest BCUT2D eigenvalue weighted by Gasteiger charge is -2.16. The fourth-order valence-electron chi connectivity index (χ4n) is 2.76. The molecular formula is C17H14N2O5. The molecular weight excluding hydrogens is 312 g/mol. The molecule has 0 saturated carbocycles. The molecule has 0 amide bonds. The van der Waals surface area contributed by atoms with E-state index >= 15 is 0 Å². The Labute approximate surface area is 136 Å². The summed E-state index contributed by atoms with van der Waals surface area (Å²) in [5, 5.41) is 21.2. The molecule has 0 saturated heterocycles. The molecule has 1 unspecified atom stereocenters. The largest absolute Gasteiger partial charge is 0.497 e. The minimum absolute atomic E-state index is 0.0508. The number of aliphatic carboxylic acids is 1. The van der Waals surface area contributed by atoms with Crippen LogP contribution in [0.25, 0.3) is 10.9 Å². The van der Waals surface area contributed by atoms with Crippen molar-refractivity contribution < 1.29 is 19.6 Å². The maximum atomic E-state index is 11.8. The van der Waals surface area contributed by atoms with E-state index in [2.05, 4.69) is 0 Å². The molecule has 0 fully saturated rings. The number of ether oxygens (including phenoxy) is 1. The van der Waals surface area contributed by atoms with Crippen LogP contribution in [0, 0.1) is 10.1 Å². The molecule has 1 heterocycles. The van der Waals surface area contributed by atoms with Crippen LogP contribution in [0.1, 0.15) is 11.6 Å². The Balaban J connectivity index is 2.16. The number of carboxylic acid groups (broad SMARTS) is 1. The lowest BCUT2D eigenvalue weighted by molar-refractivity contribution is -0.383. The molecule has 0 aliphatic rings. The molecule has 1 N–H and O–H groups in total. The van der Waals surface area contributed by atoms with Crippen LogP contribution in [0.3, 0.4) is 0 Å². The van der Waals surface area contributed by atoms with Gasteiger partial charge < -0.3 is 14.4 Å². The summed E-state index contributed by atoms with van der Waals surface area (Å²) >= 11 is 0. The van der Waals surface area contributed by atoms with Gasteiger partial charge in [-0.15, -0.1) is 0 Å². The first kappa shape index (κ1) is 15.5. The summed E-state index contributed by atoms with van der Waals surface area (Å²) in [5.41, 5.74) is 0.991. The van der Waals surface area contributed by atoms with Gasteiger partial charge in [-0.1, -0.05) is 18.2 Å². The van der Waals surface area contributed by atoms with Gasteiger partial charge in [-0.05, 0) is 29.8 Å². The van der Waals surface area contributed by atoms with Crippen molar-refractivity contribution in [2.24, 2.45) is 0 Å². The topological polar surface area (TPSA) is 94.6 Å². The van der Waals surface area contributed by atoms with Crippen LogP contribution in [0.15, 0.2) is 54.7 Å². The first-order valence-corrected chi connectivity index (χ1v) is 7.13. The first-order valence-electron chi connectivity index (χ1n) is 7.13. The maximum Gasteiger partial charge on any atom is 0.331 e. The number of fused-ring (bicyclic) bond motifs is 1. The third-order valence-electron chi connectivity index (χ3n) is 3.88. The van der Waals surface area contributed by atoms with Crippen LogP contribution >= 0.6 is 0 Å². The Bertz CT molecular complexity index is 914. The predicted octanol–water partition coefficient (Wildman–Crippen LogP) is 3.23. The van der Waals surface area contributed by atoms with Gasteiger partial charge in [-0.25, -0.2) is 4.79 Å². The quantitative estimate of drug-likeness (QED) is 0.574. The second-order valence-corrected chi connectivity index (χ2v) is 5.20. The standard InChI is InChI=1S/C17H14N2O5/c1-24-12-7-5-11(6-8-12)16(17(20)21)18-10-9-13-14(18)3-2-4-15(13)19(22)23/h2-10,16H,1H3,(H,20,21). The van der Waals surface area contributed by atoms with Crippen LogP contribution < -0.4 is 4.74 Å². The first-order chi connectivity index (χ1) is 11.5. The van der Waals surface area contributed by atoms with E-state index in [0.29, 0.717) is 22.2 Å². The monoisotopic (exact) mass is 326 g/mol. The Morgan fingerprint density at radius 3 is 2.50 bits per heavy atom. The lowest BCUT2D eigenvalue weighted by atomic mass is 10.1. The van der Waals surface area contributed by atoms with Gasteiger partial charge in [0, 0.05) is 12.3 Å². The van der Waals surface area contributed by atoms with E-state index in [1.54, 1.807) is 48.7 Å². The molecule has 1 aromatic heterocycles. The van der Waals surface area contributed by atoms with Crippen molar-refractivity contribution in [3.05, 3.63) is 70.4 Å². The number of rotatable bonds is 5. The van der Waals surface area contributed by atoms with E-state index in [9.17, 15) is 20.0 Å². The lowest BCUT2D eigenvalue weighted by Crippen LogP contribution is -2.19. The second kappa shape index (κ2) is 6.04. The van der Waals surface area contributed by atoms with Crippen molar-refractivity contribution in [2.75, 3.05) is 7.11 Å². The Kier molecular flexibility index (Phi) is 3.91. The molecule has 24 heavy (non-hydrogen) atoms. The molecule has 1 atom stereocenters. The number of non-ortho nitro benzene ring substituents is 1. The zero-order valence-corrected chi connectivity index (χ0v) is 12.7. The number of hydrogen-bond donors (Lipinski definition) is 1. The molecule has 3 aromatic rings. The molecule has 2 aromatic carbocycles. The minimum atomic E-state index is -1.05. The second-order valence-electron chi connectivity index (χ2n) is 5.20. The van der Waals surface area contributed by atoms with Gasteiger partial charge in [-0.2, -0.15) is 0 Å². The number of nitrogens with zero attached hydrogens (tertiary/aromatic N) is 2. The molecule has 122 valence electrons. The maximum absolute atomic E-state index is 11.8. The molecule has 0 bridgehead atoms. The van der Waals surface area contributed by atoms with Crippen LogP contribution in [0.4, 0.5) is 5.69 Å². The fourth-order valence-corrected chi connectivity index (χ4v) is 2.76. The molecule has 7 nitrogen and oxygen atoms in total. The van der Waals surface area contributed by atoms with E-state index in [0.717, 1.165) is 0 Å². The van der Waals surface area contributed by atoms with E-state index in [4.69, 9.17) is 4.74 Å². The number of aromatic nitrogens is 1. The third-order valence-corrected chi connectivity index (χ3v) is 3.88. The third kappa shape index (κ3) is 2.56. The predicted molar refractivity (Wildman–Crippen MR) is 87.4 cm³/mol. The fraction of sp³-hybridized carbons (Fsp3) is 0.118. The van der Waals surface area contributed by atoms with Crippen LogP contribution in [0.2, 0.25) is 0 Å². The molecule has 0 radical (unpaired) electrons. The number of carboxylic acids is 1. The minimum Gasteiger partial charge on any atom is -0.497 e. The number of benzene rings is 2. The highest BCUT2D eigenvalue weighted by molar-refractivity contribution is 5.91. The highest BCUT2D eigenvalue weighted by Gasteiger charge is 2.25. The van der Waals surface area contributed by atoms with E-state index in [1.165, 1.54) is 17.7 Å². The number of nitro groups is 1. The van der Waals surface area contributed by atoms with Crippen molar-refractivity contribution in [2.45, 2.75) is 6.04 Å². The SMILES string of the molecule is COc1ccc(C(C(=O)O)n2ccc3c([N+](=O)[O-])cccc32)cc1. The average molecular weight is 326 g/mol. The van der Waals surface area contributed by atoms with Gasteiger partial charge in [0.25, 0.3) is 5.69 Å². The summed E-state index contributed by atoms with van der Waals surface area (Å²) < 4.78 is 6.60. The summed E-state index contributed by atoms with van der Waals surface area (Å²) in [6.45, 7) is 0. The summed E-state index contributed by atoms with van der Waals surface area (Å²) in [6.07, 6.45) is 1.56. The van der Waals surface area contributed by atoms with E-state index in [-0.39, 0.29) is 5.69 Å². The van der Waals surface area contributed by atoms with Crippen molar-refractivity contribution in [3.8, 4) is 5.75 Å². The number of carbonyl (C=O) groups is 1. The van der Waals surface area contributed by atoms with Gasteiger partial charge in [0.15, 0.2) is 6.04 Å². The number of nitro benzene ring substituents is 1. The van der Waals surface area contributed by atoms with Crippen LogP contribution in [-0.4, -0.2) is 27.7 Å². The van der Waals surface area contributed by atoms with Crippen molar-refractivity contribution >= 4 is 22.6 Å². The van der Waals surface area contributed by atoms with E-state index in [1.807, 2.05) is 0 Å². The number of methoxy groups -OCH3 is 1. The zero-order chi connectivity index (χ0) is 17.3. The van der Waals surface area contributed by atoms with Crippen LogP contribution in [-0.2, 0) is 4.79 Å². The zero-order valence-electron chi connectivity index (χ0n) is 12.7. The molecule has 7 heteroatoms. The van der Waals surface area contributed by atoms with Gasteiger partial charge >= 0.3 is 5.97 Å². The highest BCUT2D eigenvalue weighted by Crippen LogP contribution is 2.31. The van der Waals surface area contributed by atoms with Crippen molar-refractivity contribution in [3.63, 3.8) is 0 Å². The smallest absolute Gasteiger partial charge is 0.331 e. The van der Waals surface area contributed by atoms with Crippen molar-refractivity contribution in [1.82, 2.24) is 4.57 Å². The van der Waals surface area contributed by atoms with E-state index < -0.39 is 16.9 Å². The summed E-state index contributed by atoms with van der Waals surface area (Å²) in [4.78, 5) is 22.5. The summed E-state index contributed by atoms with van der Waals surface area (Å²) in [6, 6.07) is 11.9. The highest BCUT2D eigenvalue weighted by atomic mass is 16.6. The van der Waals surface area contributed by atoms with Gasteiger partial charge in [0.2, 0.25) is 0 Å². The normalized spacial score (nSPS) is 12.0. The number of hydrogen-bond acceptors (Lipinski definition) is 4. The van der Waals surface area contributed by atoms with Crippen molar-refractivity contribution in [1.29, 1.82) is 0 Å². The van der Waals surface area contributed by atoms with Gasteiger partial charge in [-0.3, -0.25) is 10.1 Å². The summed E-state index contributed by atoms with van der Waals surface area (Å²) in [7, 11) is 1.53. The molecule has 0 aliphatic heterocycles.